The smallest absolute Gasteiger partial charge is 0.262 e. The zero-order valence-corrected chi connectivity index (χ0v) is 17.3. The molecule has 0 saturated carbocycles. The molecule has 29 heavy (non-hydrogen) atoms. The molecule has 2 aromatic carbocycles. The molecule has 0 amide bonds. The summed E-state index contributed by atoms with van der Waals surface area (Å²) in [5, 5.41) is 0.859. The summed E-state index contributed by atoms with van der Waals surface area (Å²) >= 11 is 0. The Morgan fingerprint density at radius 2 is 1.72 bits per heavy atom. The Morgan fingerprint density at radius 1 is 0.966 bits per heavy atom. The van der Waals surface area contributed by atoms with Crippen LogP contribution in [0.2, 0.25) is 0 Å². The first-order chi connectivity index (χ1) is 14.0. The number of nitrogens with zero attached hydrogens (tertiary/aromatic N) is 1. The van der Waals surface area contributed by atoms with Crippen molar-refractivity contribution in [2.45, 2.75) is 24.2 Å². The summed E-state index contributed by atoms with van der Waals surface area (Å²) in [5.41, 5.74) is 2.19. The average Bonchev–Trinajstić information content (AvgIpc) is 3.21. The van der Waals surface area contributed by atoms with Crippen molar-refractivity contribution < 1.29 is 22.3 Å². The normalized spacial score (nSPS) is 14.8. The van der Waals surface area contributed by atoms with Crippen molar-refractivity contribution in [1.82, 2.24) is 0 Å². The zero-order chi connectivity index (χ0) is 20.4. The Morgan fingerprint density at radius 3 is 2.45 bits per heavy atom. The third kappa shape index (κ3) is 3.85. The molecule has 4 rings (SSSR count). The van der Waals surface area contributed by atoms with E-state index in [0.717, 1.165) is 42.6 Å². The highest BCUT2D eigenvalue weighted by molar-refractivity contribution is 7.92. The predicted octanol–water partition coefficient (Wildman–Crippen LogP) is 4.24. The van der Waals surface area contributed by atoms with Crippen molar-refractivity contribution >= 4 is 32.4 Å². The molecule has 0 spiro atoms. The monoisotopic (exact) mass is 416 g/mol. The molecule has 1 aliphatic rings. The SMILES string of the molecule is COc1ccc(S(=O)(=O)Nc2cc(N3CCCCC3)c3occc3c2)cc1OC. The molecule has 1 saturated heterocycles. The van der Waals surface area contributed by atoms with Crippen LogP contribution in [0.15, 0.2) is 52.0 Å². The lowest BCUT2D eigenvalue weighted by molar-refractivity contribution is 0.354. The van der Waals surface area contributed by atoms with E-state index in [9.17, 15) is 8.42 Å². The lowest BCUT2D eigenvalue weighted by Crippen LogP contribution is -2.29. The minimum absolute atomic E-state index is 0.0990. The van der Waals surface area contributed by atoms with E-state index in [1.54, 1.807) is 18.4 Å². The van der Waals surface area contributed by atoms with Crippen molar-refractivity contribution in [3.05, 3.63) is 42.7 Å². The van der Waals surface area contributed by atoms with E-state index in [1.807, 2.05) is 12.1 Å². The van der Waals surface area contributed by atoms with Gasteiger partial charge in [0, 0.05) is 24.5 Å². The molecule has 0 radical (unpaired) electrons. The summed E-state index contributed by atoms with van der Waals surface area (Å²) < 4.78 is 44.8. The number of hydrogen-bond acceptors (Lipinski definition) is 6. The fourth-order valence-corrected chi connectivity index (χ4v) is 4.74. The Labute approximate surface area is 170 Å². The molecule has 1 aliphatic heterocycles. The van der Waals surface area contributed by atoms with Crippen LogP contribution in [0.25, 0.3) is 11.0 Å². The summed E-state index contributed by atoms with van der Waals surface area (Å²) in [6, 6.07) is 9.98. The fraction of sp³-hybridized carbons (Fsp3) is 0.333. The minimum Gasteiger partial charge on any atom is -0.493 e. The van der Waals surface area contributed by atoms with Gasteiger partial charge in [0.25, 0.3) is 10.0 Å². The van der Waals surface area contributed by atoms with E-state index >= 15 is 0 Å². The van der Waals surface area contributed by atoms with Crippen LogP contribution in [0.1, 0.15) is 19.3 Å². The van der Waals surface area contributed by atoms with Crippen LogP contribution in [0.3, 0.4) is 0 Å². The Hall–Kier alpha value is -2.87. The van der Waals surface area contributed by atoms with Gasteiger partial charge in [-0.2, -0.15) is 0 Å². The van der Waals surface area contributed by atoms with E-state index in [0.29, 0.717) is 17.2 Å². The maximum absolute atomic E-state index is 13.0. The van der Waals surface area contributed by atoms with Gasteiger partial charge in [-0.1, -0.05) is 0 Å². The summed E-state index contributed by atoms with van der Waals surface area (Å²) in [6.07, 6.45) is 5.07. The molecule has 1 N–H and O–H groups in total. The van der Waals surface area contributed by atoms with Crippen LogP contribution in [0, 0.1) is 0 Å². The van der Waals surface area contributed by atoms with Gasteiger partial charge < -0.3 is 18.8 Å². The molecule has 0 bridgehead atoms. The molecule has 3 aromatic rings. The number of rotatable bonds is 6. The lowest BCUT2D eigenvalue weighted by atomic mass is 10.1. The number of ether oxygens (including phenoxy) is 2. The second-order valence-electron chi connectivity index (χ2n) is 7.00. The van der Waals surface area contributed by atoms with Gasteiger partial charge in [0.2, 0.25) is 0 Å². The number of anilines is 2. The summed E-state index contributed by atoms with van der Waals surface area (Å²) in [7, 11) is -0.827. The molecule has 154 valence electrons. The van der Waals surface area contributed by atoms with Crippen molar-refractivity contribution in [2.24, 2.45) is 0 Å². The van der Waals surface area contributed by atoms with E-state index < -0.39 is 10.0 Å². The number of furan rings is 1. The highest BCUT2D eigenvalue weighted by atomic mass is 32.2. The Bertz CT molecular complexity index is 1120. The molecule has 1 fully saturated rings. The van der Waals surface area contributed by atoms with Gasteiger partial charge in [0.15, 0.2) is 17.1 Å². The summed E-state index contributed by atoms with van der Waals surface area (Å²) in [6.45, 7) is 1.86. The Kier molecular flexibility index (Phi) is 5.27. The highest BCUT2D eigenvalue weighted by Crippen LogP contribution is 2.35. The number of methoxy groups -OCH3 is 2. The van der Waals surface area contributed by atoms with Gasteiger partial charge in [0.1, 0.15) is 0 Å². The zero-order valence-electron chi connectivity index (χ0n) is 16.5. The second-order valence-corrected chi connectivity index (χ2v) is 8.69. The van der Waals surface area contributed by atoms with Crippen LogP contribution in [0.4, 0.5) is 11.4 Å². The van der Waals surface area contributed by atoms with Gasteiger partial charge in [0.05, 0.1) is 36.8 Å². The molecule has 0 unspecified atom stereocenters. The standard InChI is InChI=1S/C21H24N2O5S/c1-26-19-7-6-17(14-20(19)27-2)29(24,25)22-16-12-15-8-11-28-21(15)18(13-16)23-9-4-3-5-10-23/h6-8,11-14,22H,3-5,9-10H2,1-2H3. The van der Waals surface area contributed by atoms with Crippen molar-refractivity contribution in [1.29, 1.82) is 0 Å². The number of nitrogens with one attached hydrogen (secondary N) is 1. The second kappa shape index (κ2) is 7.87. The molecular weight excluding hydrogens is 392 g/mol. The van der Waals surface area contributed by atoms with Crippen LogP contribution < -0.4 is 19.1 Å². The first kappa shape index (κ1) is 19.4. The van der Waals surface area contributed by atoms with Gasteiger partial charge >= 0.3 is 0 Å². The molecule has 0 atom stereocenters. The maximum atomic E-state index is 13.0. The number of hydrogen-bond donors (Lipinski definition) is 1. The molecule has 0 aliphatic carbocycles. The minimum atomic E-state index is -3.80. The molecule has 1 aromatic heterocycles. The van der Waals surface area contributed by atoms with Gasteiger partial charge in [-0.05, 0) is 49.6 Å². The van der Waals surface area contributed by atoms with Crippen molar-refractivity contribution in [2.75, 3.05) is 36.9 Å². The van der Waals surface area contributed by atoms with E-state index in [2.05, 4.69) is 9.62 Å². The van der Waals surface area contributed by atoms with Gasteiger partial charge in [-0.25, -0.2) is 8.42 Å². The molecule has 8 heteroatoms. The average molecular weight is 416 g/mol. The first-order valence-electron chi connectivity index (χ1n) is 9.53. The Balaban J connectivity index is 1.70. The van der Waals surface area contributed by atoms with Crippen LogP contribution in [0.5, 0.6) is 11.5 Å². The summed E-state index contributed by atoms with van der Waals surface area (Å²) in [4.78, 5) is 2.35. The summed E-state index contributed by atoms with van der Waals surface area (Å²) in [5.74, 6) is 0.827. The number of piperidine rings is 1. The van der Waals surface area contributed by atoms with Crippen LogP contribution >= 0.6 is 0 Å². The molecule has 7 nitrogen and oxygen atoms in total. The van der Waals surface area contributed by atoms with E-state index in [4.69, 9.17) is 13.9 Å². The predicted molar refractivity (Wildman–Crippen MR) is 113 cm³/mol. The number of sulfonamides is 1. The van der Waals surface area contributed by atoms with E-state index in [1.165, 1.54) is 32.8 Å². The maximum Gasteiger partial charge on any atom is 0.262 e. The number of benzene rings is 2. The van der Waals surface area contributed by atoms with E-state index in [-0.39, 0.29) is 4.90 Å². The highest BCUT2D eigenvalue weighted by Gasteiger charge is 2.21. The fourth-order valence-electron chi connectivity index (χ4n) is 3.69. The number of fused-ring (bicyclic) bond motifs is 1. The van der Waals surface area contributed by atoms with Crippen LogP contribution in [-0.4, -0.2) is 35.7 Å². The van der Waals surface area contributed by atoms with Crippen molar-refractivity contribution in [3.8, 4) is 11.5 Å². The van der Waals surface area contributed by atoms with Crippen molar-refractivity contribution in [3.63, 3.8) is 0 Å². The topological polar surface area (TPSA) is 81.0 Å². The molecular formula is C21H24N2O5S. The lowest BCUT2D eigenvalue weighted by Gasteiger charge is -2.29. The van der Waals surface area contributed by atoms with Crippen LogP contribution in [-0.2, 0) is 10.0 Å². The third-order valence-electron chi connectivity index (χ3n) is 5.15. The van der Waals surface area contributed by atoms with Gasteiger partial charge in [-0.15, -0.1) is 0 Å². The quantitative estimate of drug-likeness (QED) is 0.647. The van der Waals surface area contributed by atoms with Gasteiger partial charge in [-0.3, -0.25) is 4.72 Å². The largest absolute Gasteiger partial charge is 0.493 e. The molecule has 2 heterocycles. The first-order valence-corrected chi connectivity index (χ1v) is 11.0. The third-order valence-corrected chi connectivity index (χ3v) is 6.52.